The molecular weight excluding hydrogens is 242 g/mol. The maximum Gasteiger partial charge on any atom is 0.349 e. The highest BCUT2D eigenvalue weighted by Gasteiger charge is 2.32. The van der Waals surface area contributed by atoms with E-state index in [-0.39, 0.29) is 0 Å². The van der Waals surface area contributed by atoms with Crippen molar-refractivity contribution in [1.82, 2.24) is 0 Å². The van der Waals surface area contributed by atoms with Crippen LogP contribution < -0.4 is 10.5 Å². The van der Waals surface area contributed by atoms with E-state index in [2.05, 4.69) is 6.58 Å². The molecule has 0 fully saturated rings. The predicted molar refractivity (Wildman–Crippen MR) is 76.1 cm³/mol. The van der Waals surface area contributed by atoms with Gasteiger partial charge >= 0.3 is 5.97 Å². The molecule has 1 aromatic carbocycles. The smallest absolute Gasteiger partial charge is 0.349 e. The van der Waals surface area contributed by atoms with Gasteiger partial charge in [-0.2, -0.15) is 0 Å². The van der Waals surface area contributed by atoms with E-state index in [1.807, 2.05) is 12.1 Å². The Kier molecular flexibility index (Phi) is 4.98. The Morgan fingerprint density at radius 2 is 2.16 bits per heavy atom. The number of hydrogen-bond donors (Lipinski definition) is 1. The van der Waals surface area contributed by atoms with Gasteiger partial charge in [0.2, 0.25) is 0 Å². The Balaban J connectivity index is 2.87. The van der Waals surface area contributed by atoms with Crippen LogP contribution in [0.1, 0.15) is 26.3 Å². The van der Waals surface area contributed by atoms with Gasteiger partial charge in [-0.25, -0.2) is 4.79 Å². The molecule has 2 N–H and O–H groups in total. The van der Waals surface area contributed by atoms with Gasteiger partial charge in [0, 0.05) is 0 Å². The fourth-order valence-corrected chi connectivity index (χ4v) is 1.61. The quantitative estimate of drug-likeness (QED) is 0.487. The van der Waals surface area contributed by atoms with Crippen molar-refractivity contribution in [3.05, 3.63) is 36.4 Å². The van der Waals surface area contributed by atoms with Crippen LogP contribution in [0.2, 0.25) is 0 Å². The summed E-state index contributed by atoms with van der Waals surface area (Å²) in [6.45, 7) is 9.06. The molecule has 4 heteroatoms. The average molecular weight is 263 g/mol. The summed E-state index contributed by atoms with van der Waals surface area (Å²) in [5.74, 6) is 0.0652. The van der Waals surface area contributed by atoms with Crippen LogP contribution in [-0.4, -0.2) is 18.2 Å². The second-order valence-corrected chi connectivity index (χ2v) is 4.70. The molecule has 0 aliphatic heterocycles. The zero-order valence-corrected chi connectivity index (χ0v) is 11.7. The second kappa shape index (κ2) is 6.27. The minimum atomic E-state index is -1.07. The minimum absolute atomic E-state index is 0.319. The molecule has 0 spiro atoms. The van der Waals surface area contributed by atoms with E-state index in [1.165, 1.54) is 0 Å². The molecule has 1 aromatic rings. The number of allylic oxidation sites excluding steroid dienone is 1. The summed E-state index contributed by atoms with van der Waals surface area (Å²) in [6.07, 6.45) is 2.55. The van der Waals surface area contributed by atoms with Crippen molar-refractivity contribution in [2.75, 3.05) is 12.3 Å². The number of hydrogen-bond acceptors (Lipinski definition) is 4. The lowest BCUT2D eigenvalue weighted by Crippen LogP contribution is -2.39. The van der Waals surface area contributed by atoms with Gasteiger partial charge in [-0.3, -0.25) is 0 Å². The largest absolute Gasteiger partial charge is 0.474 e. The summed E-state index contributed by atoms with van der Waals surface area (Å²) in [5, 5.41) is 0. The summed E-state index contributed by atoms with van der Waals surface area (Å²) >= 11 is 0. The van der Waals surface area contributed by atoms with Crippen LogP contribution in [0, 0.1) is 0 Å². The van der Waals surface area contributed by atoms with E-state index in [4.69, 9.17) is 15.2 Å². The summed E-state index contributed by atoms with van der Waals surface area (Å²) in [6, 6.07) is 5.47. The topological polar surface area (TPSA) is 61.5 Å². The van der Waals surface area contributed by atoms with Gasteiger partial charge < -0.3 is 15.2 Å². The van der Waals surface area contributed by atoms with Gasteiger partial charge in [-0.05, 0) is 44.9 Å². The van der Waals surface area contributed by atoms with Crippen LogP contribution in [0.15, 0.2) is 30.9 Å². The lowest BCUT2D eigenvalue weighted by molar-refractivity contribution is -0.158. The molecule has 0 saturated carbocycles. The standard InChI is InChI=1S/C15H21NO3/c1-5-7-11-8-9-13(12(16)10-11)19-15(3,4)14(17)18-6-2/h5,8-10H,1,6-7,16H2,2-4H3. The molecule has 0 radical (unpaired) electrons. The monoisotopic (exact) mass is 263 g/mol. The number of ether oxygens (including phenoxy) is 2. The lowest BCUT2D eigenvalue weighted by atomic mass is 10.1. The van der Waals surface area contributed by atoms with Crippen LogP contribution in [0.25, 0.3) is 0 Å². The molecule has 0 aromatic heterocycles. The molecule has 0 heterocycles. The molecule has 0 bridgehead atoms. The third-order valence-corrected chi connectivity index (χ3v) is 2.59. The van der Waals surface area contributed by atoms with Crippen molar-refractivity contribution in [2.45, 2.75) is 32.8 Å². The van der Waals surface area contributed by atoms with E-state index < -0.39 is 11.6 Å². The van der Waals surface area contributed by atoms with Crippen LogP contribution in [0.4, 0.5) is 5.69 Å². The number of carbonyl (C=O) groups excluding carboxylic acids is 1. The molecule has 1 rings (SSSR count). The number of rotatable bonds is 6. The average Bonchev–Trinajstić information content (AvgIpc) is 2.33. The normalized spacial score (nSPS) is 10.9. The van der Waals surface area contributed by atoms with Crippen LogP contribution in [0.5, 0.6) is 5.75 Å². The van der Waals surface area contributed by atoms with Gasteiger partial charge in [-0.1, -0.05) is 12.1 Å². The van der Waals surface area contributed by atoms with E-state index in [0.717, 1.165) is 12.0 Å². The molecule has 0 unspecified atom stereocenters. The highest BCUT2D eigenvalue weighted by atomic mass is 16.6. The number of carbonyl (C=O) groups is 1. The fraction of sp³-hybridized carbons (Fsp3) is 0.400. The molecule has 0 amide bonds. The Hall–Kier alpha value is -1.97. The van der Waals surface area contributed by atoms with Crippen LogP contribution in [0.3, 0.4) is 0 Å². The van der Waals surface area contributed by atoms with Gasteiger partial charge in [0.15, 0.2) is 5.60 Å². The zero-order valence-electron chi connectivity index (χ0n) is 11.7. The van der Waals surface area contributed by atoms with Crippen molar-refractivity contribution in [3.63, 3.8) is 0 Å². The Morgan fingerprint density at radius 3 is 2.68 bits per heavy atom. The Morgan fingerprint density at radius 1 is 1.47 bits per heavy atom. The highest BCUT2D eigenvalue weighted by Crippen LogP contribution is 2.27. The van der Waals surface area contributed by atoms with Gasteiger partial charge in [-0.15, -0.1) is 6.58 Å². The first-order chi connectivity index (χ1) is 8.90. The highest BCUT2D eigenvalue weighted by molar-refractivity contribution is 5.79. The first-order valence-electron chi connectivity index (χ1n) is 6.26. The molecule has 0 aliphatic rings. The number of anilines is 1. The summed E-state index contributed by atoms with van der Waals surface area (Å²) in [4.78, 5) is 11.7. The summed E-state index contributed by atoms with van der Waals surface area (Å²) in [5.41, 5.74) is 6.40. The van der Waals surface area contributed by atoms with Gasteiger partial charge in [0.25, 0.3) is 0 Å². The molecular formula is C15H21NO3. The maximum atomic E-state index is 11.7. The maximum absolute atomic E-state index is 11.7. The van der Waals surface area contributed by atoms with Crippen molar-refractivity contribution in [1.29, 1.82) is 0 Å². The third-order valence-electron chi connectivity index (χ3n) is 2.59. The fourth-order valence-electron chi connectivity index (χ4n) is 1.61. The predicted octanol–water partition coefficient (Wildman–Crippen LogP) is 2.72. The van der Waals surface area contributed by atoms with Crippen molar-refractivity contribution < 1.29 is 14.3 Å². The third kappa shape index (κ3) is 4.02. The lowest BCUT2D eigenvalue weighted by Gasteiger charge is -2.25. The number of esters is 1. The Bertz CT molecular complexity index is 466. The SMILES string of the molecule is C=CCc1ccc(OC(C)(C)C(=O)OCC)c(N)c1. The van der Waals surface area contributed by atoms with E-state index in [9.17, 15) is 4.79 Å². The van der Waals surface area contributed by atoms with Gasteiger partial charge in [0.05, 0.1) is 12.3 Å². The molecule has 0 saturated heterocycles. The molecule has 4 nitrogen and oxygen atoms in total. The van der Waals surface area contributed by atoms with E-state index in [1.54, 1.807) is 32.9 Å². The zero-order chi connectivity index (χ0) is 14.5. The Labute approximate surface area is 114 Å². The van der Waals surface area contributed by atoms with E-state index in [0.29, 0.717) is 18.0 Å². The summed E-state index contributed by atoms with van der Waals surface area (Å²) in [7, 11) is 0. The van der Waals surface area contributed by atoms with Crippen LogP contribution in [-0.2, 0) is 16.0 Å². The molecule has 0 atom stereocenters. The first-order valence-corrected chi connectivity index (χ1v) is 6.26. The van der Waals surface area contributed by atoms with Crippen molar-refractivity contribution in [3.8, 4) is 5.75 Å². The first kappa shape index (κ1) is 15.1. The summed E-state index contributed by atoms with van der Waals surface area (Å²) < 4.78 is 10.6. The second-order valence-electron chi connectivity index (χ2n) is 4.70. The van der Waals surface area contributed by atoms with Gasteiger partial charge in [0.1, 0.15) is 5.75 Å². The van der Waals surface area contributed by atoms with E-state index >= 15 is 0 Å². The molecule has 19 heavy (non-hydrogen) atoms. The van der Waals surface area contributed by atoms with Crippen molar-refractivity contribution in [2.24, 2.45) is 0 Å². The number of nitrogens with two attached hydrogens (primary N) is 1. The molecule has 0 aliphatic carbocycles. The minimum Gasteiger partial charge on any atom is -0.474 e. The number of nitrogen functional groups attached to an aromatic ring is 1. The van der Waals surface area contributed by atoms with Crippen LogP contribution >= 0.6 is 0 Å². The van der Waals surface area contributed by atoms with Crippen molar-refractivity contribution >= 4 is 11.7 Å². The number of benzene rings is 1. The molecule has 104 valence electrons.